The van der Waals surface area contributed by atoms with Crippen LogP contribution in [0.2, 0.25) is 0 Å². The van der Waals surface area contributed by atoms with Crippen LogP contribution in [0.5, 0.6) is 5.75 Å². The van der Waals surface area contributed by atoms with Crippen LogP contribution in [0.4, 0.5) is 0 Å². The van der Waals surface area contributed by atoms with E-state index in [-0.39, 0.29) is 0 Å². The minimum Gasteiger partial charge on any atom is -0.507 e. The summed E-state index contributed by atoms with van der Waals surface area (Å²) in [6, 6.07) is 6.01. The monoisotopic (exact) mass is 174 g/mol. The van der Waals surface area contributed by atoms with Crippen molar-refractivity contribution in [2.75, 3.05) is 0 Å². The summed E-state index contributed by atoms with van der Waals surface area (Å²) in [5.41, 5.74) is 2.12. The van der Waals surface area contributed by atoms with Gasteiger partial charge in [-0.15, -0.1) is 6.58 Å². The lowest BCUT2D eigenvalue weighted by Gasteiger charge is -2.06. The summed E-state index contributed by atoms with van der Waals surface area (Å²) in [5, 5.41) is 9.88. The van der Waals surface area contributed by atoms with Gasteiger partial charge in [0.1, 0.15) is 5.75 Å². The van der Waals surface area contributed by atoms with Gasteiger partial charge < -0.3 is 5.11 Å². The first kappa shape index (κ1) is 8.36. The molecular weight excluding hydrogens is 160 g/mol. The fraction of sp³-hybridized carbons (Fsp3) is 0.333. The summed E-state index contributed by atoms with van der Waals surface area (Å²) in [5.74, 6) is 1.11. The Morgan fingerprint density at radius 3 is 2.85 bits per heavy atom. The van der Waals surface area contributed by atoms with E-state index in [1.807, 2.05) is 24.3 Å². The molecule has 0 aromatic heterocycles. The van der Waals surface area contributed by atoms with Crippen molar-refractivity contribution >= 4 is 0 Å². The third kappa shape index (κ3) is 1.59. The number of hydrogen-bond donors (Lipinski definition) is 1. The molecule has 0 heterocycles. The molecule has 1 N–H and O–H groups in total. The molecule has 1 aliphatic carbocycles. The molecule has 1 aliphatic rings. The van der Waals surface area contributed by atoms with Crippen molar-refractivity contribution in [2.24, 2.45) is 0 Å². The predicted octanol–water partition coefficient (Wildman–Crippen LogP) is 3.00. The Morgan fingerprint density at radius 2 is 2.23 bits per heavy atom. The largest absolute Gasteiger partial charge is 0.507 e. The van der Waals surface area contributed by atoms with Crippen molar-refractivity contribution in [3.8, 4) is 5.75 Å². The number of phenols is 1. The molecule has 0 unspecified atom stereocenters. The van der Waals surface area contributed by atoms with Gasteiger partial charge >= 0.3 is 0 Å². The normalized spacial score (nSPS) is 15.7. The van der Waals surface area contributed by atoms with Crippen LogP contribution in [-0.4, -0.2) is 5.11 Å². The van der Waals surface area contributed by atoms with Crippen molar-refractivity contribution in [3.05, 3.63) is 42.0 Å². The first-order chi connectivity index (χ1) is 6.33. The van der Waals surface area contributed by atoms with E-state index < -0.39 is 0 Å². The lowest BCUT2D eigenvalue weighted by Crippen LogP contribution is -1.87. The van der Waals surface area contributed by atoms with Gasteiger partial charge in [-0.2, -0.15) is 0 Å². The molecule has 0 aliphatic heterocycles. The maximum Gasteiger partial charge on any atom is 0.122 e. The fourth-order valence-electron chi connectivity index (χ4n) is 1.66. The summed E-state index contributed by atoms with van der Waals surface area (Å²) in [4.78, 5) is 0. The van der Waals surface area contributed by atoms with Gasteiger partial charge in [-0.25, -0.2) is 0 Å². The van der Waals surface area contributed by atoms with Gasteiger partial charge in [0.25, 0.3) is 0 Å². The molecule has 1 nitrogen and oxygen atoms in total. The molecule has 1 aromatic carbocycles. The second kappa shape index (κ2) is 3.25. The summed E-state index contributed by atoms with van der Waals surface area (Å²) in [7, 11) is 0. The van der Waals surface area contributed by atoms with Crippen molar-refractivity contribution in [2.45, 2.75) is 25.2 Å². The average molecular weight is 174 g/mol. The van der Waals surface area contributed by atoms with Crippen molar-refractivity contribution < 1.29 is 5.11 Å². The van der Waals surface area contributed by atoms with Gasteiger partial charge in [-0.1, -0.05) is 24.3 Å². The minimum absolute atomic E-state index is 0.491. The van der Waals surface area contributed by atoms with Crippen molar-refractivity contribution in [3.63, 3.8) is 0 Å². The number of phenolic OH excluding ortho intramolecular Hbond substituents is 1. The Kier molecular flexibility index (Phi) is 2.09. The highest BCUT2D eigenvalue weighted by atomic mass is 16.3. The number of para-hydroxylation sites is 1. The molecule has 0 bridgehead atoms. The van der Waals surface area contributed by atoms with E-state index in [0.29, 0.717) is 11.7 Å². The maximum atomic E-state index is 9.88. The second-order valence-electron chi connectivity index (χ2n) is 3.62. The van der Waals surface area contributed by atoms with Gasteiger partial charge in [-0.3, -0.25) is 0 Å². The number of rotatable bonds is 3. The zero-order valence-corrected chi connectivity index (χ0v) is 7.66. The number of benzene rings is 1. The van der Waals surface area contributed by atoms with Crippen LogP contribution < -0.4 is 0 Å². The summed E-state index contributed by atoms with van der Waals surface area (Å²) in [6.45, 7) is 3.68. The summed E-state index contributed by atoms with van der Waals surface area (Å²) in [6.07, 6.45) is 5.04. The molecule has 2 rings (SSSR count). The lowest BCUT2D eigenvalue weighted by atomic mass is 10.0. The predicted molar refractivity (Wildman–Crippen MR) is 54.0 cm³/mol. The van der Waals surface area contributed by atoms with Gasteiger partial charge in [0.15, 0.2) is 0 Å². The van der Waals surface area contributed by atoms with E-state index >= 15 is 0 Å². The van der Waals surface area contributed by atoms with Crippen molar-refractivity contribution in [1.29, 1.82) is 0 Å². The highest BCUT2D eigenvalue weighted by Gasteiger charge is 2.26. The molecule has 1 fully saturated rings. The van der Waals surface area contributed by atoms with E-state index in [9.17, 15) is 5.11 Å². The summed E-state index contributed by atoms with van der Waals surface area (Å²) < 4.78 is 0. The summed E-state index contributed by atoms with van der Waals surface area (Å²) >= 11 is 0. The van der Waals surface area contributed by atoms with Gasteiger partial charge in [0.05, 0.1) is 0 Å². The van der Waals surface area contributed by atoms with E-state index in [0.717, 1.165) is 17.5 Å². The van der Waals surface area contributed by atoms with Crippen molar-refractivity contribution in [1.82, 2.24) is 0 Å². The molecule has 1 aromatic rings. The molecule has 1 heteroatoms. The molecule has 0 atom stereocenters. The minimum atomic E-state index is 0.491. The highest BCUT2D eigenvalue weighted by Crippen LogP contribution is 2.44. The standard InChI is InChI=1S/C12H14O/c1-2-4-10-5-3-6-11(12(10)13)9-7-8-9/h2-3,5-6,9,13H,1,4,7-8H2. The third-order valence-electron chi connectivity index (χ3n) is 2.53. The average Bonchev–Trinajstić information content (AvgIpc) is 2.92. The number of hydrogen-bond acceptors (Lipinski definition) is 1. The van der Waals surface area contributed by atoms with E-state index in [2.05, 4.69) is 6.58 Å². The van der Waals surface area contributed by atoms with E-state index in [4.69, 9.17) is 0 Å². The molecule has 0 spiro atoms. The third-order valence-corrected chi connectivity index (χ3v) is 2.53. The van der Waals surface area contributed by atoms with Crippen LogP contribution in [0.3, 0.4) is 0 Å². The topological polar surface area (TPSA) is 20.2 Å². The molecule has 0 saturated heterocycles. The Balaban J connectivity index is 2.35. The van der Waals surface area contributed by atoms with Crippen LogP contribution in [0, 0.1) is 0 Å². The first-order valence-electron chi connectivity index (χ1n) is 4.74. The maximum absolute atomic E-state index is 9.88. The highest BCUT2D eigenvalue weighted by molar-refractivity contribution is 5.44. The molecule has 13 heavy (non-hydrogen) atoms. The molecule has 0 amide bonds. The fourth-order valence-corrected chi connectivity index (χ4v) is 1.66. The zero-order chi connectivity index (χ0) is 9.26. The zero-order valence-electron chi connectivity index (χ0n) is 7.66. The molecular formula is C12H14O. The van der Waals surface area contributed by atoms with Crippen LogP contribution >= 0.6 is 0 Å². The number of aromatic hydroxyl groups is 1. The Hall–Kier alpha value is -1.24. The second-order valence-corrected chi connectivity index (χ2v) is 3.62. The number of allylic oxidation sites excluding steroid dienone is 1. The van der Waals surface area contributed by atoms with Crippen LogP contribution in [0.1, 0.15) is 29.9 Å². The molecule has 0 radical (unpaired) electrons. The first-order valence-corrected chi connectivity index (χ1v) is 4.74. The van der Waals surface area contributed by atoms with E-state index in [1.54, 1.807) is 0 Å². The Bertz CT molecular complexity index is 324. The SMILES string of the molecule is C=CCc1cccc(C2CC2)c1O. The van der Waals surface area contributed by atoms with Gasteiger partial charge in [-0.05, 0) is 36.3 Å². The van der Waals surface area contributed by atoms with Crippen LogP contribution in [0.25, 0.3) is 0 Å². The van der Waals surface area contributed by atoms with Crippen LogP contribution in [0.15, 0.2) is 30.9 Å². The lowest BCUT2D eigenvalue weighted by molar-refractivity contribution is 0.463. The molecule has 68 valence electrons. The molecule has 1 saturated carbocycles. The van der Waals surface area contributed by atoms with E-state index in [1.165, 1.54) is 12.8 Å². The van der Waals surface area contributed by atoms with Gasteiger partial charge in [0.2, 0.25) is 0 Å². The quantitative estimate of drug-likeness (QED) is 0.698. The smallest absolute Gasteiger partial charge is 0.122 e. The Morgan fingerprint density at radius 1 is 1.46 bits per heavy atom. The Labute approximate surface area is 78.7 Å². The van der Waals surface area contributed by atoms with Crippen LogP contribution in [-0.2, 0) is 6.42 Å². The van der Waals surface area contributed by atoms with Gasteiger partial charge in [0, 0.05) is 0 Å².